The fourth-order valence-corrected chi connectivity index (χ4v) is 3.33. The highest BCUT2D eigenvalue weighted by Gasteiger charge is 2.20. The Morgan fingerprint density at radius 3 is 2.67 bits per heavy atom. The number of aliphatic hydroxyl groups is 1. The molecule has 0 aromatic heterocycles. The number of hydrogen-bond donors (Lipinski definition) is 2. The first kappa shape index (κ1) is 16.5. The summed E-state index contributed by atoms with van der Waals surface area (Å²) in [5.41, 5.74) is 4.01. The van der Waals surface area contributed by atoms with Gasteiger partial charge in [0.25, 0.3) is 0 Å². The maximum absolute atomic E-state index is 10.7. The second-order valence-corrected chi connectivity index (χ2v) is 6.36. The lowest BCUT2D eigenvalue weighted by Gasteiger charge is -2.24. The van der Waals surface area contributed by atoms with Crippen molar-refractivity contribution < 1.29 is 5.11 Å². The Hall–Kier alpha value is -0.860. The third-order valence-electron chi connectivity index (χ3n) is 4.72. The van der Waals surface area contributed by atoms with Gasteiger partial charge in [-0.3, -0.25) is 0 Å². The van der Waals surface area contributed by atoms with E-state index in [1.54, 1.807) is 0 Å². The van der Waals surface area contributed by atoms with Crippen LogP contribution in [0.4, 0.5) is 0 Å². The van der Waals surface area contributed by atoms with E-state index in [2.05, 4.69) is 37.4 Å². The minimum absolute atomic E-state index is 0.172. The fourth-order valence-electron chi connectivity index (χ4n) is 3.33. The molecule has 21 heavy (non-hydrogen) atoms. The molecule has 0 heterocycles. The lowest BCUT2D eigenvalue weighted by Crippen LogP contribution is -2.35. The Balaban J connectivity index is 1.88. The molecule has 0 bridgehead atoms. The summed E-state index contributed by atoms with van der Waals surface area (Å²) in [4.78, 5) is 0. The van der Waals surface area contributed by atoms with E-state index in [1.807, 2.05) is 0 Å². The zero-order valence-corrected chi connectivity index (χ0v) is 13.7. The number of benzene rings is 1. The van der Waals surface area contributed by atoms with Crippen LogP contribution in [0.3, 0.4) is 0 Å². The highest BCUT2D eigenvalue weighted by atomic mass is 16.3. The summed E-state index contributed by atoms with van der Waals surface area (Å²) in [5.74, 6) is 0. The van der Waals surface area contributed by atoms with Crippen LogP contribution in [0.15, 0.2) is 18.2 Å². The molecule has 2 N–H and O–H groups in total. The minimum atomic E-state index is -0.382. The summed E-state index contributed by atoms with van der Waals surface area (Å²) in [6.45, 7) is 5.40. The number of aliphatic hydroxyl groups excluding tert-OH is 1. The lowest BCUT2D eigenvalue weighted by molar-refractivity contribution is 0.126. The normalized spacial score (nSPS) is 16.7. The van der Waals surface area contributed by atoms with E-state index in [4.69, 9.17) is 0 Å². The molecule has 0 aliphatic heterocycles. The third-order valence-corrected chi connectivity index (χ3v) is 4.72. The van der Waals surface area contributed by atoms with Crippen LogP contribution in [0, 0.1) is 0 Å². The van der Waals surface area contributed by atoms with Crippen LogP contribution in [-0.2, 0) is 12.8 Å². The van der Waals surface area contributed by atoms with E-state index >= 15 is 0 Å². The van der Waals surface area contributed by atoms with Crippen LogP contribution in [0.2, 0.25) is 0 Å². The lowest BCUT2D eigenvalue weighted by atomic mass is 9.97. The second-order valence-electron chi connectivity index (χ2n) is 6.36. The van der Waals surface area contributed by atoms with Crippen LogP contribution in [-0.4, -0.2) is 17.7 Å². The third kappa shape index (κ3) is 4.55. The van der Waals surface area contributed by atoms with E-state index < -0.39 is 0 Å². The predicted octanol–water partition coefficient (Wildman–Crippen LogP) is 4.16. The molecule has 2 nitrogen and oxygen atoms in total. The van der Waals surface area contributed by atoms with Crippen molar-refractivity contribution in [2.75, 3.05) is 6.54 Å². The van der Waals surface area contributed by atoms with Crippen LogP contribution in [0.25, 0.3) is 0 Å². The first-order valence-corrected chi connectivity index (χ1v) is 8.79. The van der Waals surface area contributed by atoms with Gasteiger partial charge < -0.3 is 10.4 Å². The summed E-state index contributed by atoms with van der Waals surface area (Å²) >= 11 is 0. The van der Waals surface area contributed by atoms with E-state index in [9.17, 15) is 5.11 Å². The molecule has 1 aromatic carbocycles. The van der Waals surface area contributed by atoms with E-state index in [1.165, 1.54) is 56.1 Å². The Labute approximate surface area is 130 Å². The second kappa shape index (κ2) is 8.55. The standard InChI is InChI=1S/C19H31NO/c1-3-5-6-7-13-20-18(4-2)19(21)17-12-11-15-9-8-10-16(15)14-17/h11-12,14,18-21H,3-10,13H2,1-2H3. The van der Waals surface area contributed by atoms with Gasteiger partial charge in [0.2, 0.25) is 0 Å². The maximum Gasteiger partial charge on any atom is 0.0942 e. The number of nitrogens with one attached hydrogen (secondary N) is 1. The van der Waals surface area contributed by atoms with Crippen LogP contribution < -0.4 is 5.32 Å². The first-order chi connectivity index (χ1) is 10.3. The fraction of sp³-hybridized carbons (Fsp3) is 0.684. The predicted molar refractivity (Wildman–Crippen MR) is 89.7 cm³/mol. The van der Waals surface area contributed by atoms with Crippen molar-refractivity contribution in [1.82, 2.24) is 5.32 Å². The molecule has 2 heteroatoms. The van der Waals surface area contributed by atoms with Crippen LogP contribution in [0.5, 0.6) is 0 Å². The molecule has 0 saturated carbocycles. The molecular weight excluding hydrogens is 258 g/mol. The molecule has 0 saturated heterocycles. The average Bonchev–Trinajstić information content (AvgIpc) is 2.98. The van der Waals surface area contributed by atoms with Gasteiger partial charge >= 0.3 is 0 Å². The van der Waals surface area contributed by atoms with Gasteiger partial charge in [-0.25, -0.2) is 0 Å². The molecule has 1 aliphatic carbocycles. The summed E-state index contributed by atoms with van der Waals surface area (Å²) in [7, 11) is 0. The van der Waals surface area contributed by atoms with Gasteiger partial charge in [0.05, 0.1) is 6.10 Å². The number of unbranched alkanes of at least 4 members (excludes halogenated alkanes) is 3. The Bertz CT molecular complexity index is 430. The molecule has 1 aliphatic rings. The molecule has 0 fully saturated rings. The van der Waals surface area contributed by atoms with Crippen molar-refractivity contribution in [3.63, 3.8) is 0 Å². The molecular formula is C19H31NO. The van der Waals surface area contributed by atoms with Crippen molar-refractivity contribution in [3.8, 4) is 0 Å². The largest absolute Gasteiger partial charge is 0.387 e. The quantitative estimate of drug-likeness (QED) is 0.669. The van der Waals surface area contributed by atoms with E-state index in [0.717, 1.165) is 18.5 Å². The van der Waals surface area contributed by atoms with Gasteiger partial charge in [-0.2, -0.15) is 0 Å². The number of hydrogen-bond acceptors (Lipinski definition) is 2. The Morgan fingerprint density at radius 2 is 1.90 bits per heavy atom. The number of aryl methyl sites for hydroxylation is 2. The molecule has 0 spiro atoms. The van der Waals surface area contributed by atoms with E-state index in [0.29, 0.717) is 0 Å². The van der Waals surface area contributed by atoms with E-state index in [-0.39, 0.29) is 12.1 Å². The van der Waals surface area contributed by atoms with Crippen molar-refractivity contribution in [1.29, 1.82) is 0 Å². The topological polar surface area (TPSA) is 32.3 Å². The van der Waals surface area contributed by atoms with Crippen molar-refractivity contribution in [2.24, 2.45) is 0 Å². The maximum atomic E-state index is 10.7. The van der Waals surface area contributed by atoms with Gasteiger partial charge in [0.1, 0.15) is 0 Å². The molecule has 2 rings (SSSR count). The molecule has 0 amide bonds. The van der Waals surface area contributed by atoms with Crippen LogP contribution in [0.1, 0.15) is 75.2 Å². The minimum Gasteiger partial charge on any atom is -0.387 e. The molecule has 1 aromatic rings. The number of rotatable bonds is 9. The monoisotopic (exact) mass is 289 g/mol. The number of fused-ring (bicyclic) bond motifs is 1. The highest BCUT2D eigenvalue weighted by molar-refractivity contribution is 5.36. The molecule has 118 valence electrons. The summed E-state index contributed by atoms with van der Waals surface area (Å²) in [6.07, 6.45) is 9.31. The van der Waals surface area contributed by atoms with Crippen molar-refractivity contribution in [2.45, 2.75) is 77.4 Å². The summed E-state index contributed by atoms with van der Waals surface area (Å²) < 4.78 is 0. The summed E-state index contributed by atoms with van der Waals surface area (Å²) in [6, 6.07) is 6.74. The van der Waals surface area contributed by atoms with Gasteiger partial charge in [-0.15, -0.1) is 0 Å². The summed E-state index contributed by atoms with van der Waals surface area (Å²) in [5, 5.41) is 14.2. The smallest absolute Gasteiger partial charge is 0.0942 e. The Morgan fingerprint density at radius 1 is 1.10 bits per heavy atom. The van der Waals surface area contributed by atoms with Crippen LogP contribution >= 0.6 is 0 Å². The molecule has 2 atom stereocenters. The first-order valence-electron chi connectivity index (χ1n) is 8.79. The van der Waals surface area contributed by atoms with Gasteiger partial charge in [-0.1, -0.05) is 51.3 Å². The highest BCUT2D eigenvalue weighted by Crippen LogP contribution is 2.27. The Kier molecular flexibility index (Phi) is 6.72. The molecule has 0 radical (unpaired) electrons. The molecule has 2 unspecified atom stereocenters. The van der Waals surface area contributed by atoms with Gasteiger partial charge in [-0.05, 0) is 55.3 Å². The average molecular weight is 289 g/mol. The SMILES string of the molecule is CCCCCCNC(CC)C(O)c1ccc2c(c1)CCC2. The van der Waals surface area contributed by atoms with Crippen molar-refractivity contribution >= 4 is 0 Å². The van der Waals surface area contributed by atoms with Gasteiger partial charge in [0.15, 0.2) is 0 Å². The van der Waals surface area contributed by atoms with Crippen molar-refractivity contribution in [3.05, 3.63) is 34.9 Å². The zero-order chi connectivity index (χ0) is 15.1. The zero-order valence-electron chi connectivity index (χ0n) is 13.7. The van der Waals surface area contributed by atoms with Gasteiger partial charge in [0, 0.05) is 6.04 Å².